The first-order chi connectivity index (χ1) is 16.2. The minimum absolute atomic E-state index is 0.0292. The van der Waals surface area contributed by atoms with Gasteiger partial charge in [-0.15, -0.1) is 0 Å². The quantitative estimate of drug-likeness (QED) is 0.469. The first kappa shape index (κ1) is 24.8. The number of nitrogens with zero attached hydrogens (tertiary/aromatic N) is 1. The summed E-state index contributed by atoms with van der Waals surface area (Å²) >= 11 is 0. The molecule has 1 heterocycles. The SMILES string of the molecule is C[C@H]1CC[C@@H](Oc2ccc3cc(C(N4CCC(C(=O)O)CC4)C(F)(F)F)ccc3c2CF)CC1. The first-order valence-electron chi connectivity index (χ1n) is 12.0. The number of rotatable bonds is 6. The Morgan fingerprint density at radius 1 is 1.09 bits per heavy atom. The van der Waals surface area contributed by atoms with Crippen LogP contribution in [0.1, 0.15) is 62.6 Å². The van der Waals surface area contributed by atoms with E-state index in [-0.39, 0.29) is 37.6 Å². The van der Waals surface area contributed by atoms with E-state index in [0.29, 0.717) is 28.0 Å². The normalized spacial score (nSPS) is 23.7. The van der Waals surface area contributed by atoms with Gasteiger partial charge in [-0.2, -0.15) is 13.2 Å². The zero-order chi connectivity index (χ0) is 24.5. The number of carboxylic acid groups (broad SMARTS) is 1. The molecule has 8 heteroatoms. The van der Waals surface area contributed by atoms with Crippen LogP contribution >= 0.6 is 0 Å². The third kappa shape index (κ3) is 5.32. The molecule has 0 aromatic heterocycles. The number of halogens is 4. The molecule has 4 nitrogen and oxygen atoms in total. The van der Waals surface area contributed by atoms with E-state index >= 15 is 0 Å². The van der Waals surface area contributed by atoms with Gasteiger partial charge in [0.1, 0.15) is 18.5 Å². The number of hydrogen-bond donors (Lipinski definition) is 1. The van der Waals surface area contributed by atoms with Crippen LogP contribution in [0, 0.1) is 11.8 Å². The van der Waals surface area contributed by atoms with Gasteiger partial charge in [0.15, 0.2) is 0 Å². The minimum atomic E-state index is -4.52. The first-order valence-corrected chi connectivity index (χ1v) is 12.0. The molecule has 0 spiro atoms. The summed E-state index contributed by atoms with van der Waals surface area (Å²) in [6.07, 6.45) is -0.171. The maximum Gasteiger partial charge on any atom is 0.408 e. The average Bonchev–Trinajstić information content (AvgIpc) is 2.80. The number of hydrogen-bond acceptors (Lipinski definition) is 3. The number of carbonyl (C=O) groups is 1. The molecule has 186 valence electrons. The number of aliphatic carboxylic acids is 1. The highest BCUT2D eigenvalue weighted by atomic mass is 19.4. The minimum Gasteiger partial charge on any atom is -0.490 e. The number of carboxylic acids is 1. The fourth-order valence-electron chi connectivity index (χ4n) is 5.35. The number of fused-ring (bicyclic) bond motifs is 1. The zero-order valence-corrected chi connectivity index (χ0v) is 19.3. The molecule has 1 saturated carbocycles. The Kier molecular flexibility index (Phi) is 7.36. The molecule has 1 N–H and O–H groups in total. The van der Waals surface area contributed by atoms with Crippen LogP contribution < -0.4 is 4.74 Å². The lowest BCUT2D eigenvalue weighted by Gasteiger charge is -2.37. The van der Waals surface area contributed by atoms with Gasteiger partial charge in [-0.25, -0.2) is 4.39 Å². The lowest BCUT2D eigenvalue weighted by atomic mass is 9.89. The molecule has 1 aliphatic carbocycles. The van der Waals surface area contributed by atoms with Crippen molar-refractivity contribution in [1.29, 1.82) is 0 Å². The van der Waals surface area contributed by atoms with E-state index in [2.05, 4.69) is 6.92 Å². The molecule has 2 fully saturated rings. The second-order valence-electron chi connectivity index (χ2n) is 9.75. The van der Waals surface area contributed by atoms with E-state index < -0.39 is 30.8 Å². The highest BCUT2D eigenvalue weighted by Crippen LogP contribution is 2.41. The third-order valence-corrected chi connectivity index (χ3v) is 7.37. The van der Waals surface area contributed by atoms with Gasteiger partial charge < -0.3 is 9.84 Å². The van der Waals surface area contributed by atoms with Crippen LogP contribution in [-0.2, 0) is 11.5 Å². The van der Waals surface area contributed by atoms with Gasteiger partial charge in [0.2, 0.25) is 0 Å². The summed E-state index contributed by atoms with van der Waals surface area (Å²) in [7, 11) is 0. The van der Waals surface area contributed by atoms with Crippen LogP contribution in [0.15, 0.2) is 30.3 Å². The molecular weight excluding hydrogens is 450 g/mol. The summed E-state index contributed by atoms with van der Waals surface area (Å²) in [6.45, 7) is 1.56. The van der Waals surface area contributed by atoms with Crippen molar-refractivity contribution in [2.45, 2.75) is 70.4 Å². The summed E-state index contributed by atoms with van der Waals surface area (Å²) in [5, 5.41) is 10.2. The van der Waals surface area contributed by atoms with Crippen LogP contribution in [0.4, 0.5) is 17.6 Å². The Hall–Kier alpha value is -2.35. The highest BCUT2D eigenvalue weighted by molar-refractivity contribution is 5.88. The molecule has 0 radical (unpaired) electrons. The second-order valence-corrected chi connectivity index (χ2v) is 9.75. The van der Waals surface area contributed by atoms with E-state index in [0.717, 1.165) is 25.7 Å². The van der Waals surface area contributed by atoms with Crippen molar-refractivity contribution >= 4 is 16.7 Å². The van der Waals surface area contributed by atoms with E-state index in [1.165, 1.54) is 17.0 Å². The van der Waals surface area contributed by atoms with Gasteiger partial charge in [-0.3, -0.25) is 9.69 Å². The van der Waals surface area contributed by atoms with Crippen LogP contribution in [0.2, 0.25) is 0 Å². The van der Waals surface area contributed by atoms with Crippen LogP contribution in [-0.4, -0.2) is 41.3 Å². The fourth-order valence-corrected chi connectivity index (χ4v) is 5.35. The Balaban J connectivity index is 1.60. The molecule has 34 heavy (non-hydrogen) atoms. The van der Waals surface area contributed by atoms with Crippen molar-refractivity contribution in [1.82, 2.24) is 4.90 Å². The standard InChI is InChI=1S/C26H31F4NO3/c1-16-2-6-20(7-3-16)34-23-9-5-18-14-19(4-8-21(18)22(23)15-27)24(26(28,29)30)31-12-10-17(11-13-31)25(32)33/h4-5,8-9,14,16-17,20,24H,2-3,6-7,10-13,15H2,1H3,(H,32,33)/t16-,20+,24?. The molecule has 1 saturated heterocycles. The van der Waals surface area contributed by atoms with E-state index in [4.69, 9.17) is 9.84 Å². The smallest absolute Gasteiger partial charge is 0.408 e. The second kappa shape index (κ2) is 10.1. The van der Waals surface area contributed by atoms with Gasteiger partial charge in [-0.05, 0) is 86.0 Å². The molecule has 4 rings (SSSR count). The van der Waals surface area contributed by atoms with Gasteiger partial charge in [-0.1, -0.05) is 25.1 Å². The largest absolute Gasteiger partial charge is 0.490 e. The van der Waals surface area contributed by atoms with Crippen molar-refractivity contribution in [3.63, 3.8) is 0 Å². The number of likely N-dealkylation sites (tertiary alicyclic amines) is 1. The predicted molar refractivity (Wildman–Crippen MR) is 122 cm³/mol. The number of benzene rings is 2. The van der Waals surface area contributed by atoms with Crippen molar-refractivity contribution in [2.24, 2.45) is 11.8 Å². The summed E-state index contributed by atoms with van der Waals surface area (Å²) in [5.41, 5.74) is 0.446. The van der Waals surface area contributed by atoms with Gasteiger partial charge in [0.25, 0.3) is 0 Å². The Morgan fingerprint density at radius 3 is 2.35 bits per heavy atom. The predicted octanol–water partition coefficient (Wildman–Crippen LogP) is 6.67. The van der Waals surface area contributed by atoms with Crippen molar-refractivity contribution < 1.29 is 32.2 Å². The van der Waals surface area contributed by atoms with Gasteiger partial charge in [0, 0.05) is 5.56 Å². The third-order valence-electron chi connectivity index (χ3n) is 7.37. The molecule has 0 bridgehead atoms. The lowest BCUT2D eigenvalue weighted by molar-refractivity contribution is -0.190. The van der Waals surface area contributed by atoms with Crippen LogP contribution in [0.3, 0.4) is 0 Å². The maximum absolute atomic E-state index is 14.1. The van der Waals surface area contributed by atoms with E-state index in [9.17, 15) is 22.4 Å². The number of ether oxygens (including phenoxy) is 1. The summed E-state index contributed by atoms with van der Waals surface area (Å²) < 4.78 is 62.5. The summed E-state index contributed by atoms with van der Waals surface area (Å²) in [5.74, 6) is -0.453. The molecule has 2 aliphatic rings. The topological polar surface area (TPSA) is 49.8 Å². The summed E-state index contributed by atoms with van der Waals surface area (Å²) in [6, 6.07) is 5.97. The molecule has 1 atom stereocenters. The summed E-state index contributed by atoms with van der Waals surface area (Å²) in [4.78, 5) is 12.5. The van der Waals surface area contributed by atoms with Crippen LogP contribution in [0.5, 0.6) is 5.75 Å². The average molecular weight is 482 g/mol. The molecule has 0 amide bonds. The van der Waals surface area contributed by atoms with Crippen molar-refractivity contribution in [3.05, 3.63) is 41.5 Å². The zero-order valence-electron chi connectivity index (χ0n) is 19.3. The molecule has 1 aliphatic heterocycles. The molecule has 2 aromatic carbocycles. The highest BCUT2D eigenvalue weighted by Gasteiger charge is 2.46. The monoisotopic (exact) mass is 481 g/mol. The van der Waals surface area contributed by atoms with Gasteiger partial charge >= 0.3 is 12.1 Å². The van der Waals surface area contributed by atoms with Gasteiger partial charge in [0.05, 0.1) is 12.0 Å². The lowest BCUT2D eigenvalue weighted by Crippen LogP contribution is -2.44. The fraction of sp³-hybridized carbons (Fsp3) is 0.577. The molecule has 2 aromatic rings. The Labute approximate surface area is 196 Å². The van der Waals surface area contributed by atoms with E-state index in [1.54, 1.807) is 18.2 Å². The Bertz CT molecular complexity index is 1010. The molecular formula is C26H31F4NO3. The number of alkyl halides is 4. The van der Waals surface area contributed by atoms with Crippen molar-refractivity contribution in [3.8, 4) is 5.75 Å². The van der Waals surface area contributed by atoms with Crippen LogP contribution in [0.25, 0.3) is 10.8 Å². The van der Waals surface area contributed by atoms with E-state index in [1.807, 2.05) is 0 Å². The Morgan fingerprint density at radius 2 is 1.76 bits per heavy atom. The van der Waals surface area contributed by atoms with Crippen molar-refractivity contribution in [2.75, 3.05) is 13.1 Å². The molecule has 1 unspecified atom stereocenters. The maximum atomic E-state index is 14.1. The number of piperidine rings is 1.